The average molecular weight is 647 g/mol. The second-order valence-electron chi connectivity index (χ2n) is 13.4. The topological polar surface area (TPSA) is 204 Å². The van der Waals surface area contributed by atoms with Gasteiger partial charge in [0.25, 0.3) is 5.91 Å². The molecular weight excluding hydrogens is 592 g/mol. The molecule has 2 heterocycles. The van der Waals surface area contributed by atoms with Crippen LogP contribution in [0.2, 0.25) is 0 Å². The van der Waals surface area contributed by atoms with Crippen LogP contribution in [-0.2, 0) is 34.3 Å². The fourth-order valence-corrected chi connectivity index (χ4v) is 6.05. The van der Waals surface area contributed by atoms with Gasteiger partial charge in [0.1, 0.15) is 24.9 Å². The number of H-pyrrole nitrogens is 1. The molecule has 2 aliphatic rings. The van der Waals surface area contributed by atoms with E-state index in [1.807, 2.05) is 34.6 Å². The van der Waals surface area contributed by atoms with E-state index in [1.165, 1.54) is 12.8 Å². The number of aliphatic imine (C=N–C) groups is 2. The van der Waals surface area contributed by atoms with E-state index in [1.54, 1.807) is 19.2 Å². The maximum Gasteiger partial charge on any atom is 0.323 e. The Kier molecular flexibility index (Phi) is 13.5. The Bertz CT molecular complexity index is 1230. The van der Waals surface area contributed by atoms with Crippen LogP contribution in [0.3, 0.4) is 0 Å². The third-order valence-electron chi connectivity index (χ3n) is 9.16. The van der Waals surface area contributed by atoms with Crippen molar-refractivity contribution in [2.24, 2.45) is 38.7 Å². The number of nitrogens with zero attached hydrogens (tertiary/aromatic N) is 2. The van der Waals surface area contributed by atoms with Crippen LogP contribution in [0.5, 0.6) is 0 Å². The summed E-state index contributed by atoms with van der Waals surface area (Å²) in [6.07, 6.45) is 5.38. The van der Waals surface area contributed by atoms with Crippen molar-refractivity contribution in [3.8, 4) is 0 Å². The Balaban J connectivity index is 1.91. The van der Waals surface area contributed by atoms with E-state index < -0.39 is 41.5 Å². The molecule has 0 spiro atoms. The quantitative estimate of drug-likeness (QED) is 0.0972. The van der Waals surface area contributed by atoms with Crippen molar-refractivity contribution < 1.29 is 33.7 Å². The fourth-order valence-electron chi connectivity index (χ4n) is 6.05. The number of likely N-dealkylation sites (N-methyl/N-ethyl adjacent to an activating group) is 1. The Hall–Kier alpha value is -3.13. The first kappa shape index (κ1) is 37.3. The Morgan fingerprint density at radius 1 is 1.17 bits per heavy atom. The predicted molar refractivity (Wildman–Crippen MR) is 175 cm³/mol. The molecule has 1 saturated heterocycles. The molecular formula is C33H54N6O7. The number of ether oxygens (including phenoxy) is 3. The van der Waals surface area contributed by atoms with Gasteiger partial charge in [-0.05, 0) is 56.2 Å². The second-order valence-corrected chi connectivity index (χ2v) is 13.4. The van der Waals surface area contributed by atoms with Crippen molar-refractivity contribution in [1.82, 2.24) is 10.3 Å². The highest BCUT2D eigenvalue weighted by Crippen LogP contribution is 2.39. The van der Waals surface area contributed by atoms with Crippen LogP contribution in [0.1, 0.15) is 104 Å². The molecule has 7 N–H and O–H groups in total. The van der Waals surface area contributed by atoms with Crippen LogP contribution in [0.25, 0.3) is 0 Å². The lowest BCUT2D eigenvalue weighted by Gasteiger charge is -2.31. The Labute approximate surface area is 272 Å². The van der Waals surface area contributed by atoms with E-state index in [4.69, 9.17) is 25.7 Å². The van der Waals surface area contributed by atoms with Crippen LogP contribution in [0.4, 0.5) is 0 Å². The molecule has 1 saturated carbocycles. The molecule has 13 nitrogen and oxygen atoms in total. The van der Waals surface area contributed by atoms with Crippen molar-refractivity contribution in [3.05, 3.63) is 23.5 Å². The third-order valence-corrected chi connectivity index (χ3v) is 9.16. The van der Waals surface area contributed by atoms with Gasteiger partial charge in [-0.2, -0.15) is 4.99 Å². The van der Waals surface area contributed by atoms with Crippen molar-refractivity contribution in [3.63, 3.8) is 0 Å². The van der Waals surface area contributed by atoms with Crippen molar-refractivity contribution in [2.45, 2.75) is 122 Å². The van der Waals surface area contributed by atoms with Crippen LogP contribution >= 0.6 is 0 Å². The van der Waals surface area contributed by atoms with Gasteiger partial charge < -0.3 is 35.8 Å². The molecule has 1 aliphatic carbocycles. The Morgan fingerprint density at radius 3 is 2.39 bits per heavy atom. The number of esters is 2. The molecule has 2 fully saturated rings. The highest BCUT2D eigenvalue weighted by molar-refractivity contribution is 6.07. The molecule has 0 bridgehead atoms. The predicted octanol–water partition coefficient (Wildman–Crippen LogP) is 3.03. The van der Waals surface area contributed by atoms with Gasteiger partial charge in [-0.15, -0.1) is 0 Å². The summed E-state index contributed by atoms with van der Waals surface area (Å²) < 4.78 is 17.9. The lowest BCUT2D eigenvalue weighted by Crippen LogP contribution is -2.52. The number of hydrogen-bond acceptors (Lipinski definition) is 9. The molecule has 3 rings (SSSR count). The first-order valence-electron chi connectivity index (χ1n) is 16.5. The maximum atomic E-state index is 13.2. The minimum atomic E-state index is -1.63. The standard InChI is InChI=1S/C33H54N6O7/c1-7-21(8-2)30(42)39-29(37-19-34)22-15-16-24(38-22)33(36-6)28(41)26(45-31(43)27(35)32(3,4)5)23(46-33)18-44-25(40)17-20-13-11-9-10-12-14-20/h15-16,19-21,23,26-28,36,38,41H,7-14,17-18,35H2,1-6H3,(H2,34,37,39,42)/t23-,26-,27-,28-,33+/m1/s1. The van der Waals surface area contributed by atoms with E-state index in [9.17, 15) is 19.5 Å². The number of amides is 1. The summed E-state index contributed by atoms with van der Waals surface area (Å²) in [5, 5.41) is 14.8. The maximum absolute atomic E-state index is 13.2. The highest BCUT2D eigenvalue weighted by Gasteiger charge is 2.58. The summed E-state index contributed by atoms with van der Waals surface area (Å²) in [6.45, 7) is 9.00. The average Bonchev–Trinajstić information content (AvgIpc) is 3.50. The number of carbonyl (C=O) groups excluding carboxylic acids is 3. The van der Waals surface area contributed by atoms with Crippen molar-refractivity contribution in [1.29, 1.82) is 0 Å². The van der Waals surface area contributed by atoms with Gasteiger partial charge in [0.05, 0.1) is 17.7 Å². The molecule has 1 amide bonds. The summed E-state index contributed by atoms with van der Waals surface area (Å²) in [4.78, 5) is 50.3. The zero-order chi connectivity index (χ0) is 34.1. The monoisotopic (exact) mass is 646 g/mol. The zero-order valence-corrected chi connectivity index (χ0v) is 28.2. The van der Waals surface area contributed by atoms with Crippen molar-refractivity contribution >= 4 is 30.0 Å². The summed E-state index contributed by atoms with van der Waals surface area (Å²) >= 11 is 0. The number of rotatable bonds is 12. The number of hydrogen-bond donors (Lipinski definition) is 5. The molecule has 5 atom stereocenters. The van der Waals surface area contributed by atoms with Gasteiger partial charge in [0, 0.05) is 12.3 Å². The number of aliphatic hydroxyl groups is 1. The first-order chi connectivity index (χ1) is 21.8. The SMILES string of the molecule is CCC(CC)C(=O)N=C(N=CN)c1ccc([C@]2(NC)O[C@H](COC(=O)CC3CCCCCC3)[C@@H](OC(=O)[C@@H](N)C(C)(C)C)[C@H]2O)[nH]1. The first-order valence-corrected chi connectivity index (χ1v) is 16.5. The summed E-state index contributed by atoms with van der Waals surface area (Å²) in [5.74, 6) is -1.35. The van der Waals surface area contributed by atoms with Crippen LogP contribution in [-0.4, -0.2) is 78.1 Å². The minimum absolute atomic E-state index is 0.0625. The Morgan fingerprint density at radius 2 is 1.83 bits per heavy atom. The van der Waals surface area contributed by atoms with E-state index in [0.717, 1.165) is 32.0 Å². The van der Waals surface area contributed by atoms with Gasteiger partial charge in [-0.1, -0.05) is 60.3 Å². The summed E-state index contributed by atoms with van der Waals surface area (Å²) in [6, 6.07) is 2.28. The van der Waals surface area contributed by atoms with E-state index >= 15 is 0 Å². The number of aromatic amines is 1. The number of aliphatic hydroxyl groups excluding tert-OH is 1. The number of amidine groups is 1. The summed E-state index contributed by atoms with van der Waals surface area (Å²) in [5.41, 5.74) is 10.2. The number of carbonyl (C=O) groups is 3. The molecule has 1 aliphatic heterocycles. The number of nitrogens with two attached hydrogens (primary N) is 2. The van der Waals surface area contributed by atoms with Crippen LogP contribution in [0.15, 0.2) is 22.1 Å². The molecule has 1 aromatic heterocycles. The third kappa shape index (κ3) is 9.02. The molecule has 258 valence electrons. The number of nitrogens with one attached hydrogen (secondary N) is 2. The van der Waals surface area contributed by atoms with Gasteiger partial charge in [0.15, 0.2) is 17.7 Å². The number of aromatic nitrogens is 1. The molecule has 0 aromatic carbocycles. The van der Waals surface area contributed by atoms with E-state index in [2.05, 4.69) is 20.3 Å². The van der Waals surface area contributed by atoms with Crippen molar-refractivity contribution in [2.75, 3.05) is 13.7 Å². The lowest BCUT2D eigenvalue weighted by molar-refractivity contribution is -0.164. The molecule has 46 heavy (non-hydrogen) atoms. The molecule has 13 heteroatoms. The van der Waals surface area contributed by atoms with Gasteiger partial charge in [0.2, 0.25) is 0 Å². The fraction of sp³-hybridized carbons (Fsp3) is 0.727. The van der Waals surface area contributed by atoms with Gasteiger partial charge in [-0.25, -0.2) is 4.99 Å². The zero-order valence-electron chi connectivity index (χ0n) is 28.2. The highest BCUT2D eigenvalue weighted by atomic mass is 16.6. The van der Waals surface area contributed by atoms with E-state index in [0.29, 0.717) is 30.7 Å². The molecule has 0 unspecified atom stereocenters. The summed E-state index contributed by atoms with van der Waals surface area (Å²) in [7, 11) is 1.58. The van der Waals surface area contributed by atoms with Crippen LogP contribution < -0.4 is 16.8 Å². The minimum Gasteiger partial charge on any atom is -0.463 e. The smallest absolute Gasteiger partial charge is 0.323 e. The second kappa shape index (κ2) is 16.6. The molecule has 1 aromatic rings. The largest absolute Gasteiger partial charge is 0.463 e. The van der Waals surface area contributed by atoms with Crippen LogP contribution in [0, 0.1) is 17.3 Å². The van der Waals surface area contributed by atoms with Gasteiger partial charge >= 0.3 is 11.9 Å². The van der Waals surface area contributed by atoms with Gasteiger partial charge in [-0.3, -0.25) is 19.7 Å². The normalized spacial score (nSPS) is 25.5. The molecule has 0 radical (unpaired) electrons. The lowest BCUT2D eigenvalue weighted by atomic mass is 9.87. The van der Waals surface area contributed by atoms with E-state index in [-0.39, 0.29) is 36.2 Å².